The van der Waals surface area contributed by atoms with Crippen molar-refractivity contribution in [1.29, 1.82) is 0 Å². The molecule has 0 saturated heterocycles. The van der Waals surface area contributed by atoms with Gasteiger partial charge in [-0.05, 0) is 46.4 Å². The maximum atomic E-state index is 13.6. The lowest BCUT2D eigenvalue weighted by Crippen LogP contribution is -2.18. The van der Waals surface area contributed by atoms with Crippen molar-refractivity contribution in [2.24, 2.45) is 0 Å². The minimum Gasteiger partial charge on any atom is -0.397 e. The molecule has 19 heavy (non-hydrogen) atoms. The average Bonchev–Trinajstić information content (AvgIpc) is 2.33. The monoisotopic (exact) mass is 374 g/mol. The van der Waals surface area contributed by atoms with Gasteiger partial charge in [0.1, 0.15) is 11.6 Å². The highest BCUT2D eigenvalue weighted by Gasteiger charge is 2.10. The molecule has 0 amide bonds. The quantitative estimate of drug-likeness (QED) is 0.655. The van der Waals surface area contributed by atoms with Crippen LogP contribution in [-0.4, -0.2) is 7.05 Å². The average molecular weight is 374 g/mol. The van der Waals surface area contributed by atoms with Gasteiger partial charge in [-0.25, -0.2) is 8.78 Å². The van der Waals surface area contributed by atoms with Crippen molar-refractivity contribution in [2.75, 3.05) is 17.7 Å². The second-order valence-electron chi connectivity index (χ2n) is 4.31. The minimum atomic E-state index is -0.309. The van der Waals surface area contributed by atoms with Crippen molar-refractivity contribution >= 4 is 34.0 Å². The summed E-state index contributed by atoms with van der Waals surface area (Å²) in [5, 5.41) is 0. The Labute approximate surface area is 124 Å². The van der Waals surface area contributed by atoms with Crippen LogP contribution in [0.4, 0.5) is 20.2 Å². The van der Waals surface area contributed by atoms with Gasteiger partial charge in [0, 0.05) is 19.7 Å². The number of halogens is 3. The summed E-state index contributed by atoms with van der Waals surface area (Å²) in [5.74, 6) is -0.594. The lowest BCUT2D eigenvalue weighted by molar-refractivity contribution is 0.619. The van der Waals surface area contributed by atoms with Gasteiger partial charge in [0.25, 0.3) is 0 Å². The van der Waals surface area contributed by atoms with E-state index >= 15 is 0 Å². The Kier molecular flexibility index (Phi) is 4.24. The Morgan fingerprint density at radius 3 is 2.63 bits per heavy atom. The van der Waals surface area contributed by atoms with Crippen LogP contribution in [0.5, 0.6) is 0 Å². The fraction of sp³-hybridized carbons (Fsp3) is 0.143. The van der Waals surface area contributed by atoms with Gasteiger partial charge in [0.2, 0.25) is 0 Å². The summed E-state index contributed by atoms with van der Waals surface area (Å²) in [4.78, 5) is 1.79. The molecule has 2 nitrogen and oxygen atoms in total. The van der Waals surface area contributed by atoms with E-state index in [-0.39, 0.29) is 11.6 Å². The molecular weight excluding hydrogens is 361 g/mol. The molecule has 0 aliphatic carbocycles. The third-order valence-corrected chi connectivity index (χ3v) is 3.62. The van der Waals surface area contributed by atoms with Gasteiger partial charge in [0.05, 0.1) is 14.9 Å². The first-order valence-electron chi connectivity index (χ1n) is 5.67. The van der Waals surface area contributed by atoms with Gasteiger partial charge in [-0.15, -0.1) is 0 Å². The van der Waals surface area contributed by atoms with Crippen LogP contribution in [0, 0.1) is 15.2 Å². The molecule has 0 radical (unpaired) electrons. The van der Waals surface area contributed by atoms with Crippen molar-refractivity contribution in [3.05, 3.63) is 57.2 Å². The largest absolute Gasteiger partial charge is 0.397 e. The second-order valence-corrected chi connectivity index (χ2v) is 5.47. The SMILES string of the molecule is CN(Cc1cccc(F)c1)c1cc(F)c(I)cc1N. The van der Waals surface area contributed by atoms with Crippen LogP contribution >= 0.6 is 22.6 Å². The number of nitrogen functional groups attached to an aromatic ring is 1. The summed E-state index contributed by atoms with van der Waals surface area (Å²) >= 11 is 1.89. The van der Waals surface area contributed by atoms with Crippen molar-refractivity contribution in [3.8, 4) is 0 Å². The van der Waals surface area contributed by atoms with Gasteiger partial charge < -0.3 is 10.6 Å². The highest BCUT2D eigenvalue weighted by Crippen LogP contribution is 2.27. The van der Waals surface area contributed by atoms with Gasteiger partial charge in [-0.2, -0.15) is 0 Å². The lowest BCUT2D eigenvalue weighted by Gasteiger charge is -2.21. The summed E-state index contributed by atoms with van der Waals surface area (Å²) < 4.78 is 27.2. The lowest BCUT2D eigenvalue weighted by atomic mass is 10.2. The molecule has 0 spiro atoms. The highest BCUT2D eigenvalue weighted by molar-refractivity contribution is 14.1. The van der Waals surface area contributed by atoms with Crippen molar-refractivity contribution in [3.63, 3.8) is 0 Å². The highest BCUT2D eigenvalue weighted by atomic mass is 127. The standard InChI is InChI=1S/C14H13F2IN2/c1-19(8-9-3-2-4-10(15)5-9)14-6-11(16)12(17)7-13(14)18/h2-7H,8,18H2,1H3. The van der Waals surface area contributed by atoms with E-state index in [1.54, 1.807) is 24.1 Å². The number of hydrogen-bond acceptors (Lipinski definition) is 2. The molecule has 0 aromatic heterocycles. The Bertz CT molecular complexity index is 602. The topological polar surface area (TPSA) is 29.3 Å². The van der Waals surface area contributed by atoms with Crippen LogP contribution in [0.3, 0.4) is 0 Å². The third kappa shape index (κ3) is 3.34. The van der Waals surface area contributed by atoms with Gasteiger partial charge in [-0.3, -0.25) is 0 Å². The molecule has 0 heterocycles. The fourth-order valence-electron chi connectivity index (χ4n) is 1.88. The zero-order chi connectivity index (χ0) is 14.0. The zero-order valence-electron chi connectivity index (χ0n) is 10.3. The smallest absolute Gasteiger partial charge is 0.138 e. The van der Waals surface area contributed by atoms with Crippen molar-refractivity contribution in [1.82, 2.24) is 0 Å². The number of anilines is 2. The third-order valence-electron chi connectivity index (χ3n) is 2.79. The molecule has 2 aromatic carbocycles. The Morgan fingerprint density at radius 1 is 1.21 bits per heavy atom. The molecule has 5 heteroatoms. The summed E-state index contributed by atoms with van der Waals surface area (Å²) in [6, 6.07) is 9.30. The molecule has 2 rings (SSSR count). The first-order chi connectivity index (χ1) is 8.97. The van der Waals surface area contributed by atoms with Crippen LogP contribution < -0.4 is 10.6 Å². The van der Waals surface area contributed by atoms with Crippen LogP contribution in [0.15, 0.2) is 36.4 Å². The van der Waals surface area contributed by atoms with Crippen molar-refractivity contribution < 1.29 is 8.78 Å². The number of nitrogens with zero attached hydrogens (tertiary/aromatic N) is 1. The molecular formula is C14H13F2IN2. The molecule has 0 aliphatic rings. The maximum absolute atomic E-state index is 13.6. The van der Waals surface area contributed by atoms with Crippen LogP contribution in [-0.2, 0) is 6.54 Å². The summed E-state index contributed by atoms with van der Waals surface area (Å²) in [7, 11) is 1.79. The van der Waals surface area contributed by atoms with E-state index in [0.29, 0.717) is 21.5 Å². The Hall–Kier alpha value is -1.37. The van der Waals surface area contributed by atoms with Gasteiger partial charge in [0.15, 0.2) is 0 Å². The van der Waals surface area contributed by atoms with Gasteiger partial charge >= 0.3 is 0 Å². The van der Waals surface area contributed by atoms with Crippen LogP contribution in [0.1, 0.15) is 5.56 Å². The Balaban J connectivity index is 2.25. The van der Waals surface area contributed by atoms with E-state index in [1.807, 2.05) is 28.7 Å². The normalized spacial score (nSPS) is 10.5. The number of rotatable bonds is 3. The number of nitrogens with two attached hydrogens (primary N) is 1. The van der Waals surface area contributed by atoms with E-state index in [0.717, 1.165) is 5.56 Å². The van der Waals surface area contributed by atoms with Crippen molar-refractivity contribution in [2.45, 2.75) is 6.54 Å². The number of hydrogen-bond donors (Lipinski definition) is 1. The van der Waals surface area contributed by atoms with E-state index in [9.17, 15) is 8.78 Å². The maximum Gasteiger partial charge on any atom is 0.138 e. The molecule has 100 valence electrons. The second kappa shape index (κ2) is 5.73. The van der Waals surface area contributed by atoms with Crippen LogP contribution in [0.25, 0.3) is 0 Å². The van der Waals surface area contributed by atoms with E-state index < -0.39 is 0 Å². The molecule has 2 N–H and O–H groups in total. The predicted molar refractivity (Wildman–Crippen MR) is 82.0 cm³/mol. The van der Waals surface area contributed by atoms with E-state index in [4.69, 9.17) is 5.73 Å². The summed E-state index contributed by atoms with van der Waals surface area (Å²) in [5.41, 5.74) is 7.80. The molecule has 0 saturated carbocycles. The van der Waals surface area contributed by atoms with Crippen LogP contribution in [0.2, 0.25) is 0 Å². The van der Waals surface area contributed by atoms with E-state index in [2.05, 4.69) is 0 Å². The predicted octanol–water partition coefficient (Wildman–Crippen LogP) is 3.79. The molecule has 0 unspecified atom stereocenters. The molecule has 0 aliphatic heterocycles. The Morgan fingerprint density at radius 2 is 1.95 bits per heavy atom. The summed E-state index contributed by atoms with van der Waals surface area (Å²) in [6.45, 7) is 0.460. The molecule has 0 atom stereocenters. The summed E-state index contributed by atoms with van der Waals surface area (Å²) in [6.07, 6.45) is 0. The number of benzene rings is 2. The van der Waals surface area contributed by atoms with Gasteiger partial charge in [-0.1, -0.05) is 12.1 Å². The molecule has 0 bridgehead atoms. The zero-order valence-corrected chi connectivity index (χ0v) is 12.5. The molecule has 0 fully saturated rings. The minimum absolute atomic E-state index is 0.285. The first-order valence-corrected chi connectivity index (χ1v) is 6.75. The first kappa shape index (κ1) is 14.0. The fourth-order valence-corrected chi connectivity index (χ4v) is 2.37. The molecule has 2 aromatic rings. The van der Waals surface area contributed by atoms with E-state index in [1.165, 1.54) is 18.2 Å².